The number of benzene rings is 2. The van der Waals surface area contributed by atoms with Crippen LogP contribution in [0.5, 0.6) is 5.75 Å². The molecule has 2 heterocycles. The lowest BCUT2D eigenvalue weighted by Gasteiger charge is -2.14. The number of H-pyrrole nitrogens is 1. The maximum absolute atomic E-state index is 12.8. The zero-order valence-corrected chi connectivity index (χ0v) is 15.4. The third kappa shape index (κ3) is 3.13. The first-order chi connectivity index (χ1) is 12.7. The average molecular weight is 407 g/mol. The minimum atomic E-state index is -0.188. The van der Waals surface area contributed by atoms with Gasteiger partial charge in [-0.05, 0) is 45.8 Å². The molecule has 0 saturated carbocycles. The van der Waals surface area contributed by atoms with Crippen molar-refractivity contribution in [1.29, 1.82) is 0 Å². The van der Waals surface area contributed by atoms with E-state index < -0.39 is 0 Å². The first-order valence-electron chi connectivity index (χ1n) is 8.16. The van der Waals surface area contributed by atoms with Gasteiger partial charge in [0, 0.05) is 16.1 Å². The second-order valence-corrected chi connectivity index (χ2v) is 6.65. The summed E-state index contributed by atoms with van der Waals surface area (Å²) in [7, 11) is 0. The summed E-state index contributed by atoms with van der Waals surface area (Å²) in [5, 5.41) is 0.841. The number of nitrogens with zero attached hydrogens (tertiary/aromatic N) is 1. The number of nitrogens with one attached hydrogen (secondary N) is 1. The molecule has 2 aromatic carbocycles. The topological polar surface area (TPSA) is 55.0 Å². The van der Waals surface area contributed by atoms with Crippen molar-refractivity contribution in [1.82, 2.24) is 9.97 Å². The minimum Gasteiger partial charge on any atom is -0.486 e. The monoisotopic (exact) mass is 406 g/mol. The number of fused-ring (bicyclic) bond motifs is 1. The number of ether oxygens (including phenoxy) is 1. The molecule has 4 nitrogen and oxygen atoms in total. The minimum absolute atomic E-state index is 0.188. The molecule has 0 aliphatic heterocycles. The van der Waals surface area contributed by atoms with Crippen LogP contribution in [-0.2, 0) is 6.61 Å². The van der Waals surface area contributed by atoms with Crippen molar-refractivity contribution in [3.8, 4) is 16.9 Å². The van der Waals surface area contributed by atoms with E-state index in [9.17, 15) is 4.79 Å². The molecule has 0 spiro atoms. The second kappa shape index (κ2) is 7.14. The van der Waals surface area contributed by atoms with E-state index in [4.69, 9.17) is 4.74 Å². The summed E-state index contributed by atoms with van der Waals surface area (Å²) < 4.78 is 6.94. The lowest BCUT2D eigenvalue weighted by atomic mass is 10.0. The Morgan fingerprint density at radius 2 is 1.77 bits per heavy atom. The third-order valence-electron chi connectivity index (χ3n) is 4.10. The largest absolute Gasteiger partial charge is 0.486 e. The average Bonchev–Trinajstić information content (AvgIpc) is 2.68. The van der Waals surface area contributed by atoms with Crippen molar-refractivity contribution in [2.75, 3.05) is 0 Å². The zero-order chi connectivity index (χ0) is 17.9. The lowest BCUT2D eigenvalue weighted by molar-refractivity contribution is 0.306. The van der Waals surface area contributed by atoms with Gasteiger partial charge in [0.15, 0.2) is 0 Å². The predicted octanol–water partition coefficient (Wildman–Crippen LogP) is 4.93. The smallest absolute Gasteiger partial charge is 0.260 e. The Morgan fingerprint density at radius 1 is 0.962 bits per heavy atom. The van der Waals surface area contributed by atoms with Gasteiger partial charge in [0.25, 0.3) is 5.56 Å². The van der Waals surface area contributed by atoms with E-state index in [0.29, 0.717) is 16.8 Å². The van der Waals surface area contributed by atoms with Gasteiger partial charge in [0.2, 0.25) is 0 Å². The van der Waals surface area contributed by atoms with Gasteiger partial charge >= 0.3 is 0 Å². The molecule has 0 amide bonds. The van der Waals surface area contributed by atoms with Crippen molar-refractivity contribution in [3.63, 3.8) is 0 Å². The van der Waals surface area contributed by atoms with E-state index in [2.05, 4.69) is 25.9 Å². The van der Waals surface area contributed by atoms with Crippen molar-refractivity contribution in [3.05, 3.63) is 93.4 Å². The predicted molar refractivity (Wildman–Crippen MR) is 106 cm³/mol. The summed E-state index contributed by atoms with van der Waals surface area (Å²) in [6, 6.07) is 21.0. The molecule has 0 bridgehead atoms. The highest BCUT2D eigenvalue weighted by Crippen LogP contribution is 2.35. The number of aromatic amines is 1. The molecule has 1 N–H and O–H groups in total. The summed E-state index contributed by atoms with van der Waals surface area (Å²) in [5.41, 5.74) is 2.66. The van der Waals surface area contributed by atoms with Gasteiger partial charge in [-0.3, -0.25) is 9.78 Å². The van der Waals surface area contributed by atoms with Crippen LogP contribution < -0.4 is 10.3 Å². The van der Waals surface area contributed by atoms with Crippen molar-refractivity contribution >= 4 is 26.8 Å². The SMILES string of the molecule is O=c1[nH]c2c(Br)cccc2c(OCc2ccccn2)c1-c1ccccc1. The fourth-order valence-corrected chi connectivity index (χ4v) is 3.37. The van der Waals surface area contributed by atoms with Crippen LogP contribution in [0, 0.1) is 0 Å². The summed E-state index contributed by atoms with van der Waals surface area (Å²) in [5.74, 6) is 0.557. The van der Waals surface area contributed by atoms with Gasteiger partial charge in [-0.2, -0.15) is 0 Å². The lowest BCUT2D eigenvalue weighted by Crippen LogP contribution is -2.12. The van der Waals surface area contributed by atoms with Gasteiger partial charge < -0.3 is 9.72 Å². The van der Waals surface area contributed by atoms with E-state index in [1.807, 2.05) is 66.7 Å². The molecule has 0 aliphatic rings. The van der Waals surface area contributed by atoms with Crippen LogP contribution >= 0.6 is 15.9 Å². The highest BCUT2D eigenvalue weighted by Gasteiger charge is 2.17. The van der Waals surface area contributed by atoms with Crippen LogP contribution in [0.25, 0.3) is 22.0 Å². The summed E-state index contributed by atoms with van der Waals surface area (Å²) >= 11 is 3.50. The van der Waals surface area contributed by atoms with E-state index in [0.717, 1.165) is 21.1 Å². The van der Waals surface area contributed by atoms with Crippen LogP contribution in [0.1, 0.15) is 5.69 Å². The number of pyridine rings is 2. The number of hydrogen-bond acceptors (Lipinski definition) is 3. The summed E-state index contributed by atoms with van der Waals surface area (Å²) in [6.07, 6.45) is 1.73. The van der Waals surface area contributed by atoms with Gasteiger partial charge in [-0.15, -0.1) is 0 Å². The van der Waals surface area contributed by atoms with Crippen LogP contribution in [0.2, 0.25) is 0 Å². The molecule has 0 atom stereocenters. The van der Waals surface area contributed by atoms with Crippen LogP contribution in [0.4, 0.5) is 0 Å². The highest BCUT2D eigenvalue weighted by molar-refractivity contribution is 9.10. The second-order valence-electron chi connectivity index (χ2n) is 5.80. The van der Waals surface area contributed by atoms with Crippen molar-refractivity contribution in [2.24, 2.45) is 0 Å². The van der Waals surface area contributed by atoms with Gasteiger partial charge in [-0.1, -0.05) is 42.5 Å². The maximum atomic E-state index is 12.8. The Kier molecular flexibility index (Phi) is 4.54. The van der Waals surface area contributed by atoms with Crippen LogP contribution in [-0.4, -0.2) is 9.97 Å². The molecule has 26 heavy (non-hydrogen) atoms. The molecule has 5 heteroatoms. The normalized spacial score (nSPS) is 10.8. The molecule has 128 valence electrons. The molecule has 0 saturated heterocycles. The van der Waals surface area contributed by atoms with E-state index >= 15 is 0 Å². The standard InChI is InChI=1S/C21H15BrN2O2/c22-17-11-6-10-16-19(17)24-21(25)18(14-7-2-1-3-8-14)20(16)26-13-15-9-4-5-12-23-15/h1-12H,13H2,(H,24,25). The molecule has 0 fully saturated rings. The number of aromatic nitrogens is 2. The molecule has 0 radical (unpaired) electrons. The molecular weight excluding hydrogens is 392 g/mol. The third-order valence-corrected chi connectivity index (χ3v) is 4.76. The number of hydrogen-bond donors (Lipinski definition) is 1. The number of halogens is 1. The fourth-order valence-electron chi connectivity index (χ4n) is 2.90. The first-order valence-corrected chi connectivity index (χ1v) is 8.96. The Morgan fingerprint density at radius 3 is 2.54 bits per heavy atom. The summed E-state index contributed by atoms with van der Waals surface area (Å²) in [4.78, 5) is 20.1. The molecule has 2 aromatic heterocycles. The Bertz CT molecular complexity index is 1110. The number of rotatable bonds is 4. The number of para-hydroxylation sites is 1. The molecule has 0 aliphatic carbocycles. The van der Waals surface area contributed by atoms with E-state index in [1.54, 1.807) is 6.20 Å². The first kappa shape index (κ1) is 16.5. The maximum Gasteiger partial charge on any atom is 0.260 e. The van der Waals surface area contributed by atoms with Gasteiger partial charge in [-0.25, -0.2) is 0 Å². The highest BCUT2D eigenvalue weighted by atomic mass is 79.9. The van der Waals surface area contributed by atoms with Crippen molar-refractivity contribution in [2.45, 2.75) is 6.61 Å². The molecular formula is C21H15BrN2O2. The Hall–Kier alpha value is -2.92. The quantitative estimate of drug-likeness (QED) is 0.522. The molecule has 0 unspecified atom stereocenters. The summed E-state index contributed by atoms with van der Waals surface area (Å²) in [6.45, 7) is 0.283. The zero-order valence-electron chi connectivity index (χ0n) is 13.8. The molecule has 4 aromatic rings. The van der Waals surface area contributed by atoms with Crippen LogP contribution in [0.3, 0.4) is 0 Å². The van der Waals surface area contributed by atoms with E-state index in [1.165, 1.54) is 0 Å². The van der Waals surface area contributed by atoms with Crippen molar-refractivity contribution < 1.29 is 4.74 Å². The Labute approximate surface area is 158 Å². The van der Waals surface area contributed by atoms with Gasteiger partial charge in [0.1, 0.15) is 12.4 Å². The van der Waals surface area contributed by atoms with Crippen LogP contribution in [0.15, 0.2) is 82.2 Å². The van der Waals surface area contributed by atoms with Gasteiger partial charge in [0.05, 0.1) is 16.8 Å². The van der Waals surface area contributed by atoms with E-state index in [-0.39, 0.29) is 12.2 Å². The Balaban J connectivity index is 1.92. The fraction of sp³-hybridized carbons (Fsp3) is 0.0476. The molecule has 4 rings (SSSR count).